The summed E-state index contributed by atoms with van der Waals surface area (Å²) in [7, 11) is 0. The van der Waals surface area contributed by atoms with E-state index in [2.05, 4.69) is 8.37 Å². The molecule has 0 aliphatic heterocycles. The van der Waals surface area contributed by atoms with E-state index < -0.39 is 59.7 Å². The van der Waals surface area contributed by atoms with E-state index in [1.807, 2.05) is 0 Å². The molecule has 0 heterocycles. The third kappa shape index (κ3) is 9.38. The van der Waals surface area contributed by atoms with Crippen LogP contribution >= 0.6 is 0 Å². The van der Waals surface area contributed by atoms with Crippen LogP contribution in [0.15, 0.2) is 0 Å². The summed E-state index contributed by atoms with van der Waals surface area (Å²) in [5.74, 6) is -8.25. The molecule has 4 unspecified atom stereocenters. The van der Waals surface area contributed by atoms with E-state index in [-0.39, 0.29) is 59.1 Å². The molecule has 0 aromatic carbocycles. The Morgan fingerprint density at radius 1 is 0.667 bits per heavy atom. The van der Waals surface area contributed by atoms with Gasteiger partial charge in [-0.25, -0.2) is 27.5 Å². The molecular weight excluding hydrogens is 382 g/mol. The number of hydrogen-bond acceptors (Lipinski definition) is 9. The zero-order valence-corrected chi connectivity index (χ0v) is 11.1. The number of carboxylic acids is 4. The summed E-state index contributed by atoms with van der Waals surface area (Å²) in [6.45, 7) is 0. The molecule has 0 amide bonds. The van der Waals surface area contributed by atoms with E-state index in [1.165, 1.54) is 0 Å². The number of aliphatic hydroxyl groups excluding tert-OH is 2. The Labute approximate surface area is 180 Å². The SMILES string of the molecule is O=C(O)C(O)C(OS(=O)OC(C(=O)O)C(O)C(=O)O)C(=O)O.[NaH].[NaH]. The molecule has 16 heteroatoms. The normalized spacial score (nSPS) is 16.2. The van der Waals surface area contributed by atoms with E-state index in [4.69, 9.17) is 30.6 Å². The molecule has 0 aliphatic rings. The van der Waals surface area contributed by atoms with Gasteiger partial charge < -0.3 is 30.6 Å². The van der Waals surface area contributed by atoms with Crippen molar-refractivity contribution in [3.8, 4) is 0 Å². The summed E-state index contributed by atoms with van der Waals surface area (Å²) in [5.41, 5.74) is 0. The first-order chi connectivity index (χ1) is 9.98. The first kappa shape index (κ1) is 28.7. The number of aliphatic hydroxyl groups is 2. The fourth-order valence-corrected chi connectivity index (χ4v) is 1.67. The molecule has 130 valence electrons. The molecule has 0 aliphatic carbocycles. The average molecular weight is 394 g/mol. The Morgan fingerprint density at radius 3 is 1.08 bits per heavy atom. The Morgan fingerprint density at radius 2 is 0.917 bits per heavy atom. The topological polar surface area (TPSA) is 225 Å². The monoisotopic (exact) mass is 394 g/mol. The summed E-state index contributed by atoms with van der Waals surface area (Å²) in [6.07, 6.45) is -10.5. The van der Waals surface area contributed by atoms with Gasteiger partial charge in [-0.05, 0) is 0 Å². The van der Waals surface area contributed by atoms with Gasteiger partial charge in [-0.3, -0.25) is 0 Å². The van der Waals surface area contributed by atoms with Crippen LogP contribution in [0.5, 0.6) is 0 Å². The maximum absolute atomic E-state index is 11.3. The van der Waals surface area contributed by atoms with Crippen LogP contribution in [0.3, 0.4) is 0 Å². The zero-order valence-electron chi connectivity index (χ0n) is 10.3. The average Bonchev–Trinajstić information content (AvgIpc) is 2.39. The van der Waals surface area contributed by atoms with Crippen molar-refractivity contribution < 1.29 is 62.4 Å². The van der Waals surface area contributed by atoms with E-state index in [9.17, 15) is 23.4 Å². The molecule has 4 atom stereocenters. The molecule has 0 bridgehead atoms. The number of aliphatic carboxylic acids is 4. The summed E-state index contributed by atoms with van der Waals surface area (Å²) >= 11 is -3.30. The predicted octanol–water partition coefficient (Wildman–Crippen LogP) is -4.90. The predicted molar refractivity (Wildman–Crippen MR) is 74.7 cm³/mol. The second-order valence-electron chi connectivity index (χ2n) is 3.48. The van der Waals surface area contributed by atoms with Gasteiger partial charge in [0, 0.05) is 0 Å². The van der Waals surface area contributed by atoms with E-state index >= 15 is 0 Å². The van der Waals surface area contributed by atoms with E-state index in [1.54, 1.807) is 0 Å². The molecule has 24 heavy (non-hydrogen) atoms. The molecule has 0 aromatic rings. The molecule has 0 aromatic heterocycles. The van der Waals surface area contributed by atoms with Crippen molar-refractivity contribution in [2.45, 2.75) is 24.4 Å². The van der Waals surface area contributed by atoms with Gasteiger partial charge in [0.05, 0.1) is 0 Å². The number of carboxylic acid groups (broad SMARTS) is 4. The third-order valence-corrected chi connectivity index (χ3v) is 2.66. The van der Waals surface area contributed by atoms with Crippen molar-refractivity contribution in [1.29, 1.82) is 0 Å². The Hall–Kier alpha value is -0.130. The first-order valence-corrected chi connectivity index (χ1v) is 6.02. The number of hydrogen-bond donors (Lipinski definition) is 6. The standard InChI is InChI=1S/C8H10O13S.2Na.2H/c9-1(5(11)12)3(7(15)16)20-22(19)21-4(8(17)18)2(10)6(13)14;;;;/h1-4,9-10H,(H,11,12)(H,13,14)(H,15,16)(H,17,18);;;;. The Bertz CT molecular complexity index is 454. The molecular formula is C8H12Na2O13S. The van der Waals surface area contributed by atoms with Crippen molar-refractivity contribution >= 4 is 94.4 Å². The molecule has 0 radical (unpaired) electrons. The van der Waals surface area contributed by atoms with Crippen LogP contribution in [0.4, 0.5) is 0 Å². The van der Waals surface area contributed by atoms with Crippen molar-refractivity contribution in [3.05, 3.63) is 0 Å². The van der Waals surface area contributed by atoms with Crippen molar-refractivity contribution in [2.24, 2.45) is 0 Å². The Balaban J connectivity index is -0.00000220. The summed E-state index contributed by atoms with van der Waals surface area (Å²) in [5, 5.41) is 52.0. The van der Waals surface area contributed by atoms with Gasteiger partial charge in [0.25, 0.3) is 0 Å². The molecule has 6 N–H and O–H groups in total. The minimum absolute atomic E-state index is 0. The molecule has 0 spiro atoms. The van der Waals surface area contributed by atoms with Crippen molar-refractivity contribution in [3.63, 3.8) is 0 Å². The molecule has 0 saturated carbocycles. The first-order valence-electron chi connectivity index (χ1n) is 5.02. The zero-order chi connectivity index (χ0) is 17.6. The fourth-order valence-electron chi connectivity index (χ4n) is 0.909. The fraction of sp³-hybridized carbons (Fsp3) is 0.500. The second kappa shape index (κ2) is 13.1. The quantitative estimate of drug-likeness (QED) is 0.191. The molecule has 0 saturated heterocycles. The second-order valence-corrected chi connectivity index (χ2v) is 4.27. The van der Waals surface area contributed by atoms with Gasteiger partial charge in [0.1, 0.15) is 0 Å². The summed E-state index contributed by atoms with van der Waals surface area (Å²) in [4.78, 5) is 42.1. The van der Waals surface area contributed by atoms with Crippen molar-refractivity contribution in [2.75, 3.05) is 0 Å². The van der Waals surface area contributed by atoms with Gasteiger partial charge in [-0.2, -0.15) is 4.21 Å². The number of rotatable bonds is 10. The maximum atomic E-state index is 11.3. The van der Waals surface area contributed by atoms with Gasteiger partial charge in [0.2, 0.25) is 12.2 Å². The summed E-state index contributed by atoms with van der Waals surface area (Å²) < 4.78 is 19.3. The van der Waals surface area contributed by atoms with Crippen LogP contribution in [-0.4, -0.2) is 142 Å². The molecule has 0 rings (SSSR count). The third-order valence-electron chi connectivity index (χ3n) is 1.93. The van der Waals surface area contributed by atoms with Gasteiger partial charge in [0.15, 0.2) is 12.2 Å². The van der Waals surface area contributed by atoms with Crippen LogP contribution in [-0.2, 0) is 38.9 Å². The van der Waals surface area contributed by atoms with Crippen LogP contribution in [0.25, 0.3) is 0 Å². The summed E-state index contributed by atoms with van der Waals surface area (Å²) in [6, 6.07) is 0. The van der Waals surface area contributed by atoms with Crippen LogP contribution in [0.1, 0.15) is 0 Å². The number of carbonyl (C=O) groups is 4. The van der Waals surface area contributed by atoms with Gasteiger partial charge in [-0.15, -0.1) is 0 Å². The van der Waals surface area contributed by atoms with E-state index in [0.29, 0.717) is 0 Å². The van der Waals surface area contributed by atoms with Crippen LogP contribution in [0.2, 0.25) is 0 Å². The minimum atomic E-state index is -3.30. The van der Waals surface area contributed by atoms with Gasteiger partial charge in [-0.1, -0.05) is 0 Å². The van der Waals surface area contributed by atoms with E-state index in [0.717, 1.165) is 0 Å². The molecule has 13 nitrogen and oxygen atoms in total. The van der Waals surface area contributed by atoms with Crippen LogP contribution in [0, 0.1) is 0 Å². The van der Waals surface area contributed by atoms with Gasteiger partial charge >= 0.3 is 94.4 Å². The van der Waals surface area contributed by atoms with Crippen molar-refractivity contribution in [1.82, 2.24) is 0 Å². The van der Waals surface area contributed by atoms with Crippen LogP contribution < -0.4 is 0 Å². The molecule has 0 fully saturated rings. The Kier molecular flexibility index (Phi) is 15.7.